The molecule has 0 aliphatic carbocycles. The van der Waals surface area contributed by atoms with E-state index < -0.39 is 0 Å². The van der Waals surface area contributed by atoms with E-state index in [0.717, 1.165) is 77.5 Å². The summed E-state index contributed by atoms with van der Waals surface area (Å²) in [6.07, 6.45) is 2.72. The molecule has 0 saturated heterocycles. The lowest BCUT2D eigenvalue weighted by molar-refractivity contribution is 1.01. The van der Waals surface area contributed by atoms with Crippen molar-refractivity contribution in [3.05, 3.63) is 66.5 Å². The van der Waals surface area contributed by atoms with E-state index in [0.29, 0.717) is 0 Å². The van der Waals surface area contributed by atoms with Gasteiger partial charge in [0.25, 0.3) is 0 Å². The van der Waals surface area contributed by atoms with Crippen molar-refractivity contribution in [1.82, 2.24) is 19.9 Å². The summed E-state index contributed by atoms with van der Waals surface area (Å²) in [4.78, 5) is 16.8. The zero-order chi connectivity index (χ0) is 19.4. The molecule has 0 aromatic carbocycles. The quantitative estimate of drug-likeness (QED) is 0.262. The van der Waals surface area contributed by atoms with Crippen LogP contribution in [0, 0.1) is 0 Å². The van der Waals surface area contributed by atoms with Gasteiger partial charge in [-0.2, -0.15) is 0 Å². The highest BCUT2D eigenvalue weighted by Gasteiger charge is 2.22. The molecule has 142 valence electrons. The third kappa shape index (κ3) is 3.42. The van der Waals surface area contributed by atoms with Gasteiger partial charge in [0.05, 0.1) is 35.0 Å². The van der Waals surface area contributed by atoms with E-state index in [1.54, 1.807) is 0 Å². The largest absolute Gasteiger partial charge is 0.355 e. The first kappa shape index (κ1) is 19.0. The van der Waals surface area contributed by atoms with E-state index in [9.17, 15) is 0 Å². The summed E-state index contributed by atoms with van der Waals surface area (Å²) < 4.78 is 2.90. The van der Waals surface area contributed by atoms with Crippen LogP contribution in [0.3, 0.4) is 0 Å². The first-order valence-corrected chi connectivity index (χ1v) is 12.1. The fourth-order valence-corrected chi connectivity index (χ4v) is 6.39. The second-order valence-corrected chi connectivity index (χ2v) is 10.4. The normalized spacial score (nSPS) is 16.5. The molecule has 1 atom stereocenters. The first-order valence-electron chi connectivity index (χ1n) is 8.83. The number of hydrogen-bond donors (Lipinski definition) is 2. The predicted molar refractivity (Wildman–Crippen MR) is 127 cm³/mol. The lowest BCUT2D eigenvalue weighted by Crippen LogP contribution is -1.86. The molecule has 0 amide bonds. The number of rotatable bonds is 0. The van der Waals surface area contributed by atoms with Crippen molar-refractivity contribution in [2.45, 2.75) is 24.1 Å². The van der Waals surface area contributed by atoms with Gasteiger partial charge in [0.15, 0.2) is 0 Å². The summed E-state index contributed by atoms with van der Waals surface area (Å²) in [5, 5.41) is 0. The molecule has 2 aliphatic heterocycles. The first-order chi connectivity index (χ1) is 13.5. The zero-order valence-electron chi connectivity index (χ0n) is 14.5. The van der Waals surface area contributed by atoms with E-state index >= 15 is 0 Å². The summed E-state index contributed by atoms with van der Waals surface area (Å²) in [5.41, 5.74) is 8.25. The van der Waals surface area contributed by atoms with Crippen LogP contribution in [0.4, 0.5) is 0 Å². The van der Waals surface area contributed by atoms with Crippen LogP contribution in [0.5, 0.6) is 0 Å². The number of halogens is 4. The molecule has 4 nitrogen and oxygen atoms in total. The predicted octanol–water partition coefficient (Wildman–Crippen LogP) is 7.07. The molecule has 0 spiro atoms. The van der Waals surface area contributed by atoms with Crippen molar-refractivity contribution < 1.29 is 0 Å². The molecule has 0 radical (unpaired) electrons. The number of aromatic nitrogens is 4. The summed E-state index contributed by atoms with van der Waals surface area (Å²) in [6.45, 7) is 0. The monoisotopic (exact) mass is 626 g/mol. The molecule has 0 fully saturated rings. The molecule has 8 heteroatoms. The van der Waals surface area contributed by atoms with Crippen molar-refractivity contribution in [2.24, 2.45) is 0 Å². The van der Waals surface area contributed by atoms with E-state index in [4.69, 9.17) is 9.97 Å². The zero-order valence-corrected chi connectivity index (χ0v) is 20.8. The fraction of sp³-hybridized carbons (Fsp3) is 0.200. The van der Waals surface area contributed by atoms with Crippen molar-refractivity contribution in [3.8, 4) is 0 Å². The van der Waals surface area contributed by atoms with E-state index in [-0.39, 0.29) is 4.83 Å². The van der Waals surface area contributed by atoms with Crippen LogP contribution in [0.1, 0.15) is 27.6 Å². The Morgan fingerprint density at radius 3 is 2.21 bits per heavy atom. The highest BCUT2D eigenvalue weighted by atomic mass is 79.9. The van der Waals surface area contributed by atoms with Crippen molar-refractivity contribution in [2.75, 3.05) is 0 Å². The minimum atomic E-state index is 0.155. The number of hydrogen-bond acceptors (Lipinski definition) is 2. The Labute approximate surface area is 195 Å². The number of nitrogens with one attached hydrogen (secondary N) is 2. The Kier molecular flexibility index (Phi) is 5.01. The standard InChI is InChI=1S/C20H14Br4N4/c21-14-7-13-6-11-2-1-9(25-11)5-10-3-4-12(26-10)8-15-16(22)17(23)20(28-15)18(24)19(14)27-13/h1-2,5-6,8,14,25,28H,3-4,7H2. The van der Waals surface area contributed by atoms with Crippen molar-refractivity contribution in [1.29, 1.82) is 0 Å². The van der Waals surface area contributed by atoms with Gasteiger partial charge in [-0.1, -0.05) is 15.9 Å². The van der Waals surface area contributed by atoms with E-state index in [1.165, 1.54) is 0 Å². The molecule has 2 aliphatic rings. The third-order valence-corrected chi connectivity index (χ3v) is 8.62. The molecular weight excluding hydrogens is 616 g/mol. The van der Waals surface area contributed by atoms with Gasteiger partial charge in [0.1, 0.15) is 0 Å². The van der Waals surface area contributed by atoms with Crippen molar-refractivity contribution >= 4 is 85.8 Å². The number of alkyl halides is 1. The Morgan fingerprint density at radius 1 is 0.786 bits per heavy atom. The van der Waals surface area contributed by atoms with Crippen molar-refractivity contribution in [3.63, 3.8) is 0 Å². The summed E-state index contributed by atoms with van der Waals surface area (Å²) in [5.74, 6) is 0. The molecule has 5 rings (SSSR count). The van der Waals surface area contributed by atoms with Gasteiger partial charge in [-0.05, 0) is 91.0 Å². The Balaban J connectivity index is 1.91. The molecule has 2 N–H and O–H groups in total. The van der Waals surface area contributed by atoms with Gasteiger partial charge < -0.3 is 9.97 Å². The smallest absolute Gasteiger partial charge is 0.0710 e. The molecule has 1 unspecified atom stereocenters. The molecule has 28 heavy (non-hydrogen) atoms. The van der Waals surface area contributed by atoms with Crippen LogP contribution in [-0.4, -0.2) is 19.9 Å². The summed E-state index contributed by atoms with van der Waals surface area (Å²) in [6, 6.07) is 10.5. The molecule has 8 bridgehead atoms. The van der Waals surface area contributed by atoms with Crippen LogP contribution >= 0.6 is 63.7 Å². The van der Waals surface area contributed by atoms with Crippen LogP contribution in [0.25, 0.3) is 22.1 Å². The van der Waals surface area contributed by atoms with Gasteiger partial charge in [-0.25, -0.2) is 0 Å². The SMILES string of the molecule is Brc1c(Br)c2[nH]c1cc1nc(cc3ccc(cc4nc(c2Br)C(Br)C4)[nH]3)CC1. The lowest BCUT2D eigenvalue weighted by atomic mass is 10.2. The van der Waals surface area contributed by atoms with Crippen LogP contribution < -0.4 is 0 Å². The third-order valence-electron chi connectivity index (χ3n) is 4.91. The van der Waals surface area contributed by atoms with E-state index in [1.807, 2.05) is 0 Å². The van der Waals surface area contributed by atoms with Crippen LogP contribution in [0.2, 0.25) is 0 Å². The minimum Gasteiger partial charge on any atom is -0.355 e. The summed E-state index contributed by atoms with van der Waals surface area (Å²) in [7, 11) is 0. The number of aromatic amines is 2. The average Bonchev–Trinajstić information content (AvgIpc) is 3.42. The van der Waals surface area contributed by atoms with Crippen LogP contribution in [0.15, 0.2) is 43.7 Å². The average molecular weight is 630 g/mol. The molecule has 5 heterocycles. The van der Waals surface area contributed by atoms with E-state index in [2.05, 4.69) is 104 Å². The number of aryl methyl sites for hydroxylation is 2. The lowest BCUT2D eigenvalue weighted by Gasteiger charge is -2.00. The van der Waals surface area contributed by atoms with Gasteiger partial charge in [0, 0.05) is 34.5 Å². The Hall–Kier alpha value is -0.960. The second-order valence-electron chi connectivity index (χ2n) is 6.91. The van der Waals surface area contributed by atoms with Crippen LogP contribution in [-0.2, 0) is 19.3 Å². The van der Waals surface area contributed by atoms with Gasteiger partial charge >= 0.3 is 0 Å². The summed E-state index contributed by atoms with van der Waals surface area (Å²) >= 11 is 15.0. The molecule has 3 aromatic heterocycles. The topological polar surface area (TPSA) is 57.4 Å². The Morgan fingerprint density at radius 2 is 1.46 bits per heavy atom. The maximum atomic E-state index is 4.88. The maximum Gasteiger partial charge on any atom is 0.0710 e. The highest BCUT2D eigenvalue weighted by molar-refractivity contribution is 9.13. The molecule has 0 saturated carbocycles. The second kappa shape index (κ2) is 7.38. The molecule has 3 aromatic rings. The van der Waals surface area contributed by atoms with Gasteiger partial charge in [-0.3, -0.25) is 9.97 Å². The van der Waals surface area contributed by atoms with Gasteiger partial charge in [0.2, 0.25) is 0 Å². The number of H-pyrrole nitrogens is 2. The molecular formula is C20H14Br4N4. The number of fused-ring (bicyclic) bond motifs is 8. The van der Waals surface area contributed by atoms with Gasteiger partial charge in [-0.15, -0.1) is 0 Å². The highest BCUT2D eigenvalue weighted by Crippen LogP contribution is 2.40. The number of nitrogens with zero attached hydrogens (tertiary/aromatic N) is 2. The Bertz CT molecular complexity index is 1260. The minimum absolute atomic E-state index is 0.155. The maximum absolute atomic E-state index is 4.88. The fourth-order valence-electron chi connectivity index (χ4n) is 3.56.